The van der Waals surface area contributed by atoms with Crippen molar-refractivity contribution in [3.8, 4) is 11.4 Å². The van der Waals surface area contributed by atoms with Gasteiger partial charge in [-0.1, -0.05) is 13.8 Å². The molecule has 4 heterocycles. The summed E-state index contributed by atoms with van der Waals surface area (Å²) in [7, 11) is -3.44. The van der Waals surface area contributed by atoms with Crippen LogP contribution in [0.1, 0.15) is 56.9 Å². The lowest BCUT2D eigenvalue weighted by molar-refractivity contribution is 0.257. The van der Waals surface area contributed by atoms with Crippen LogP contribution in [0.3, 0.4) is 0 Å². The van der Waals surface area contributed by atoms with Gasteiger partial charge in [0.2, 0.25) is 0 Å². The van der Waals surface area contributed by atoms with Crippen molar-refractivity contribution in [2.24, 2.45) is 5.92 Å². The minimum atomic E-state index is -3.44. The van der Waals surface area contributed by atoms with Crippen LogP contribution in [-0.4, -0.2) is 52.5 Å². The van der Waals surface area contributed by atoms with Gasteiger partial charge in [0.05, 0.1) is 40.6 Å². The number of hydrogen-bond acceptors (Lipinski definition) is 8. The highest BCUT2D eigenvalue weighted by atomic mass is 32.2. The van der Waals surface area contributed by atoms with E-state index < -0.39 is 10.0 Å². The van der Waals surface area contributed by atoms with Crippen molar-refractivity contribution in [3.63, 3.8) is 0 Å². The number of rotatable bonds is 8. The van der Waals surface area contributed by atoms with E-state index in [1.54, 1.807) is 12.4 Å². The number of pyridine rings is 1. The number of nitrogens with zero attached hydrogens (tertiary/aromatic N) is 7. The number of hydrogen-bond donors (Lipinski definition) is 1. The molecule has 178 valence electrons. The summed E-state index contributed by atoms with van der Waals surface area (Å²) in [6.45, 7) is 6.26. The van der Waals surface area contributed by atoms with Gasteiger partial charge < -0.3 is 9.67 Å². The molecule has 34 heavy (non-hydrogen) atoms. The highest BCUT2D eigenvalue weighted by Crippen LogP contribution is 2.30. The van der Waals surface area contributed by atoms with Gasteiger partial charge in [0.1, 0.15) is 17.9 Å². The van der Waals surface area contributed by atoms with E-state index in [1.165, 1.54) is 12.4 Å². The smallest absolute Gasteiger partial charge is 0.256 e. The Kier molecular flexibility index (Phi) is 5.68. The Labute approximate surface area is 197 Å². The Hall–Kier alpha value is -3.18. The second-order valence-corrected chi connectivity index (χ2v) is 11.2. The van der Waals surface area contributed by atoms with Crippen LogP contribution in [0.25, 0.3) is 22.4 Å². The van der Waals surface area contributed by atoms with E-state index in [9.17, 15) is 13.5 Å². The van der Waals surface area contributed by atoms with E-state index in [2.05, 4.69) is 50.4 Å². The molecule has 0 bridgehead atoms. The van der Waals surface area contributed by atoms with Gasteiger partial charge in [0, 0.05) is 24.4 Å². The summed E-state index contributed by atoms with van der Waals surface area (Å²) in [5.74, 6) is 1.41. The number of aliphatic hydroxyl groups is 1. The predicted octanol–water partition coefficient (Wildman–Crippen LogP) is 2.73. The SMILES string of the molecule is CC(C)C(C)n1c(CO)nc2cnc(Cc3ccnc(-c4cnn(S(=O)(=O)C5CC5)c4)n3)cc21. The zero-order chi connectivity index (χ0) is 24.0. The van der Waals surface area contributed by atoms with Crippen LogP contribution in [0, 0.1) is 5.92 Å². The summed E-state index contributed by atoms with van der Waals surface area (Å²) in [5.41, 5.74) is 3.78. The Morgan fingerprint density at radius 2 is 1.91 bits per heavy atom. The summed E-state index contributed by atoms with van der Waals surface area (Å²) < 4.78 is 28.0. The van der Waals surface area contributed by atoms with E-state index in [0.29, 0.717) is 42.4 Å². The number of fused-ring (bicyclic) bond motifs is 1. The van der Waals surface area contributed by atoms with E-state index in [0.717, 1.165) is 26.5 Å². The van der Waals surface area contributed by atoms with Gasteiger partial charge in [0.25, 0.3) is 10.0 Å². The normalized spacial score (nSPS) is 15.3. The molecule has 0 radical (unpaired) electrons. The summed E-state index contributed by atoms with van der Waals surface area (Å²) >= 11 is 0. The largest absolute Gasteiger partial charge is 0.388 e. The van der Waals surface area contributed by atoms with Crippen LogP contribution in [0.2, 0.25) is 0 Å². The average Bonchev–Trinajstić information content (AvgIpc) is 3.45. The van der Waals surface area contributed by atoms with Crippen LogP contribution >= 0.6 is 0 Å². The lowest BCUT2D eigenvalue weighted by Gasteiger charge is -2.20. The molecule has 1 fully saturated rings. The first-order chi connectivity index (χ1) is 16.3. The van der Waals surface area contributed by atoms with E-state index >= 15 is 0 Å². The molecule has 4 aromatic heterocycles. The molecule has 1 unspecified atom stereocenters. The fraction of sp³-hybridized carbons (Fsp3) is 0.435. The highest BCUT2D eigenvalue weighted by molar-refractivity contribution is 7.90. The van der Waals surface area contributed by atoms with Crippen molar-refractivity contribution in [1.29, 1.82) is 0 Å². The lowest BCUT2D eigenvalue weighted by atomic mass is 10.1. The van der Waals surface area contributed by atoms with Gasteiger partial charge in [-0.05, 0) is 37.8 Å². The molecule has 1 aliphatic rings. The molecule has 1 N–H and O–H groups in total. The fourth-order valence-corrected chi connectivity index (χ4v) is 5.42. The standard InChI is InChI=1S/C23H27N7O3S/c1-14(2)15(3)30-21-9-18(25-11-20(21)28-22(30)13-31)8-17-6-7-24-23(27-17)16-10-26-29(12-16)34(32,33)19-4-5-19/h6-7,9-12,14-15,19,31H,4-5,8,13H2,1-3H3. The Bertz CT molecular complexity index is 1450. The van der Waals surface area contributed by atoms with Crippen LogP contribution in [0.4, 0.5) is 0 Å². The summed E-state index contributed by atoms with van der Waals surface area (Å²) in [6.07, 6.45) is 8.14. The molecule has 0 aromatic carbocycles. The van der Waals surface area contributed by atoms with E-state index in [-0.39, 0.29) is 17.9 Å². The Morgan fingerprint density at radius 1 is 1.12 bits per heavy atom. The first-order valence-electron chi connectivity index (χ1n) is 11.4. The first-order valence-corrected chi connectivity index (χ1v) is 12.9. The van der Waals surface area contributed by atoms with Gasteiger partial charge in [-0.15, -0.1) is 0 Å². The maximum atomic E-state index is 12.4. The quantitative estimate of drug-likeness (QED) is 0.407. The summed E-state index contributed by atoms with van der Waals surface area (Å²) in [6, 6.07) is 3.97. The van der Waals surface area contributed by atoms with Gasteiger partial charge in [0.15, 0.2) is 5.82 Å². The molecular weight excluding hydrogens is 454 g/mol. The van der Waals surface area contributed by atoms with Crippen molar-refractivity contribution in [3.05, 3.63) is 54.1 Å². The van der Waals surface area contributed by atoms with Crippen LogP contribution < -0.4 is 0 Å². The maximum Gasteiger partial charge on any atom is 0.256 e. The molecule has 0 aliphatic heterocycles. The molecule has 4 aromatic rings. The average molecular weight is 482 g/mol. The lowest BCUT2D eigenvalue weighted by Crippen LogP contribution is -2.17. The molecule has 1 atom stereocenters. The zero-order valence-corrected chi connectivity index (χ0v) is 20.1. The molecule has 1 saturated carbocycles. The van der Waals surface area contributed by atoms with E-state index in [1.807, 2.05) is 12.1 Å². The van der Waals surface area contributed by atoms with E-state index in [4.69, 9.17) is 0 Å². The minimum absolute atomic E-state index is 0.138. The third-order valence-electron chi connectivity index (χ3n) is 6.32. The van der Waals surface area contributed by atoms with Gasteiger partial charge in [-0.2, -0.15) is 9.19 Å². The molecule has 11 heteroatoms. The fourth-order valence-electron chi connectivity index (χ4n) is 3.95. The van der Waals surface area contributed by atoms with Crippen LogP contribution in [-0.2, 0) is 23.1 Å². The van der Waals surface area contributed by atoms with Gasteiger partial charge >= 0.3 is 0 Å². The summed E-state index contributed by atoms with van der Waals surface area (Å²) in [5, 5.41) is 13.5. The molecule has 0 spiro atoms. The Balaban J connectivity index is 1.44. The van der Waals surface area contributed by atoms with Crippen molar-refractivity contribution in [2.75, 3.05) is 0 Å². The first kappa shape index (κ1) is 22.6. The Morgan fingerprint density at radius 3 is 2.62 bits per heavy atom. The van der Waals surface area contributed by atoms with Crippen LogP contribution in [0.15, 0.2) is 36.9 Å². The topological polar surface area (TPSA) is 129 Å². The summed E-state index contributed by atoms with van der Waals surface area (Å²) in [4.78, 5) is 18.0. The minimum Gasteiger partial charge on any atom is -0.388 e. The molecule has 0 saturated heterocycles. The van der Waals surface area contributed by atoms with Crippen molar-refractivity contribution in [2.45, 2.75) is 57.9 Å². The number of imidazole rings is 1. The molecule has 10 nitrogen and oxygen atoms in total. The number of aliphatic hydroxyl groups excluding tert-OH is 1. The van der Waals surface area contributed by atoms with Crippen molar-refractivity contribution >= 4 is 21.1 Å². The number of aromatic nitrogens is 7. The third kappa shape index (κ3) is 4.09. The maximum absolute atomic E-state index is 12.4. The molecule has 0 amide bonds. The third-order valence-corrected chi connectivity index (χ3v) is 8.35. The van der Waals surface area contributed by atoms with Gasteiger partial charge in [-0.3, -0.25) is 4.98 Å². The van der Waals surface area contributed by atoms with Crippen LogP contribution in [0.5, 0.6) is 0 Å². The molecule has 1 aliphatic carbocycles. The second kappa shape index (κ2) is 8.55. The zero-order valence-electron chi connectivity index (χ0n) is 19.3. The monoisotopic (exact) mass is 481 g/mol. The van der Waals surface area contributed by atoms with Crippen molar-refractivity contribution < 1.29 is 13.5 Å². The highest BCUT2D eigenvalue weighted by Gasteiger charge is 2.37. The predicted molar refractivity (Wildman–Crippen MR) is 126 cm³/mol. The molecular formula is C23H27N7O3S. The van der Waals surface area contributed by atoms with Crippen molar-refractivity contribution in [1.82, 2.24) is 33.7 Å². The van der Waals surface area contributed by atoms with Gasteiger partial charge in [-0.25, -0.2) is 23.4 Å². The molecule has 5 rings (SSSR count). The second-order valence-electron chi connectivity index (χ2n) is 9.10.